The maximum absolute atomic E-state index is 5.99. The minimum absolute atomic E-state index is 0.478. The Morgan fingerprint density at radius 2 is 2.40 bits per heavy atom. The number of halogens is 1. The highest BCUT2D eigenvalue weighted by Gasteiger charge is 2.26. The molecular formula is C11H16ClN3. The summed E-state index contributed by atoms with van der Waals surface area (Å²) in [6.45, 7) is 3.30. The Hall–Kier alpha value is -0.800. The lowest BCUT2D eigenvalue weighted by atomic mass is 10.2. The standard InChI is InChI=1S/C11H16ClN3/c1-8-6-9(7-15(8)2)14-10-4-3-5-13-11(10)12/h3-5,8-9,14H,6-7H2,1-2H3. The number of likely N-dealkylation sites (tertiary alicyclic amines) is 1. The van der Waals surface area contributed by atoms with Crippen LogP contribution < -0.4 is 5.32 Å². The zero-order chi connectivity index (χ0) is 10.8. The number of nitrogens with zero attached hydrogens (tertiary/aromatic N) is 2. The average Bonchev–Trinajstić information content (AvgIpc) is 2.50. The van der Waals surface area contributed by atoms with Gasteiger partial charge in [-0.1, -0.05) is 11.6 Å². The summed E-state index contributed by atoms with van der Waals surface area (Å²) in [6.07, 6.45) is 2.86. The Bertz CT molecular complexity index is 332. The molecule has 2 heterocycles. The van der Waals surface area contributed by atoms with Crippen LogP contribution in [0.15, 0.2) is 18.3 Å². The molecule has 0 aromatic carbocycles. The van der Waals surface area contributed by atoms with Crippen molar-refractivity contribution in [3.63, 3.8) is 0 Å². The van der Waals surface area contributed by atoms with Gasteiger partial charge in [0.2, 0.25) is 0 Å². The van der Waals surface area contributed by atoms with Crippen LogP contribution in [-0.4, -0.2) is 35.6 Å². The summed E-state index contributed by atoms with van der Waals surface area (Å²) >= 11 is 5.99. The van der Waals surface area contributed by atoms with E-state index >= 15 is 0 Å². The smallest absolute Gasteiger partial charge is 0.152 e. The Morgan fingerprint density at radius 1 is 1.60 bits per heavy atom. The summed E-state index contributed by atoms with van der Waals surface area (Å²) < 4.78 is 0. The fraction of sp³-hybridized carbons (Fsp3) is 0.545. The van der Waals surface area contributed by atoms with Crippen molar-refractivity contribution in [3.8, 4) is 0 Å². The van der Waals surface area contributed by atoms with E-state index in [1.54, 1.807) is 6.20 Å². The Kier molecular flexibility index (Phi) is 3.12. The van der Waals surface area contributed by atoms with Gasteiger partial charge in [0.25, 0.3) is 0 Å². The highest BCUT2D eigenvalue weighted by atomic mass is 35.5. The quantitative estimate of drug-likeness (QED) is 0.783. The van der Waals surface area contributed by atoms with Gasteiger partial charge < -0.3 is 10.2 Å². The number of nitrogens with one attached hydrogen (secondary N) is 1. The van der Waals surface area contributed by atoms with Crippen LogP contribution in [0.25, 0.3) is 0 Å². The van der Waals surface area contributed by atoms with Gasteiger partial charge in [0.15, 0.2) is 5.15 Å². The third-order valence-corrected chi connectivity index (χ3v) is 3.31. The van der Waals surface area contributed by atoms with Gasteiger partial charge in [-0.25, -0.2) is 4.98 Å². The van der Waals surface area contributed by atoms with Gasteiger partial charge in [0.1, 0.15) is 0 Å². The van der Waals surface area contributed by atoms with Crippen molar-refractivity contribution in [2.75, 3.05) is 18.9 Å². The van der Waals surface area contributed by atoms with Crippen molar-refractivity contribution in [1.29, 1.82) is 0 Å². The maximum Gasteiger partial charge on any atom is 0.152 e. The SMILES string of the molecule is CC1CC(Nc2cccnc2Cl)CN1C. The molecule has 0 radical (unpaired) electrons. The molecule has 1 aromatic rings. The number of aromatic nitrogens is 1. The van der Waals surface area contributed by atoms with Crippen LogP contribution in [0, 0.1) is 0 Å². The van der Waals surface area contributed by atoms with Crippen molar-refractivity contribution < 1.29 is 0 Å². The monoisotopic (exact) mass is 225 g/mol. The van der Waals surface area contributed by atoms with Gasteiger partial charge >= 0.3 is 0 Å². The van der Waals surface area contributed by atoms with Crippen molar-refractivity contribution in [2.45, 2.75) is 25.4 Å². The fourth-order valence-electron chi connectivity index (χ4n) is 2.01. The van der Waals surface area contributed by atoms with Crippen LogP contribution in [0.2, 0.25) is 5.15 Å². The average molecular weight is 226 g/mol. The zero-order valence-corrected chi connectivity index (χ0v) is 9.83. The molecule has 2 atom stereocenters. The summed E-state index contributed by atoms with van der Waals surface area (Å²) in [6, 6.07) is 4.99. The van der Waals surface area contributed by atoms with E-state index in [1.165, 1.54) is 0 Å². The third kappa shape index (κ3) is 2.41. The van der Waals surface area contributed by atoms with E-state index in [9.17, 15) is 0 Å². The molecule has 1 aromatic heterocycles. The second kappa shape index (κ2) is 4.37. The van der Waals surface area contributed by atoms with E-state index in [1.807, 2.05) is 12.1 Å². The van der Waals surface area contributed by atoms with Gasteiger partial charge in [-0.15, -0.1) is 0 Å². The molecule has 0 bridgehead atoms. The third-order valence-electron chi connectivity index (χ3n) is 3.01. The summed E-state index contributed by atoms with van der Waals surface area (Å²) in [5.41, 5.74) is 0.937. The predicted octanol–water partition coefficient (Wildman–Crippen LogP) is 2.24. The van der Waals surface area contributed by atoms with Crippen molar-refractivity contribution in [2.24, 2.45) is 0 Å². The van der Waals surface area contributed by atoms with Crippen LogP contribution >= 0.6 is 11.6 Å². The van der Waals surface area contributed by atoms with Gasteiger partial charge in [-0.05, 0) is 32.5 Å². The number of pyridine rings is 1. The maximum atomic E-state index is 5.99. The van der Waals surface area contributed by atoms with Gasteiger partial charge in [0.05, 0.1) is 5.69 Å². The number of rotatable bonds is 2. The summed E-state index contributed by atoms with van der Waals surface area (Å²) in [4.78, 5) is 6.40. The first kappa shape index (κ1) is 10.7. The van der Waals surface area contributed by atoms with E-state index < -0.39 is 0 Å². The summed E-state index contributed by atoms with van der Waals surface area (Å²) in [5, 5.41) is 3.99. The van der Waals surface area contributed by atoms with Crippen LogP contribution in [-0.2, 0) is 0 Å². The van der Waals surface area contributed by atoms with Crippen molar-refractivity contribution in [3.05, 3.63) is 23.5 Å². The lowest BCUT2D eigenvalue weighted by Crippen LogP contribution is -2.25. The largest absolute Gasteiger partial charge is 0.378 e. The van der Waals surface area contributed by atoms with Gasteiger partial charge in [-0.3, -0.25) is 0 Å². The number of hydrogen-bond donors (Lipinski definition) is 1. The highest BCUT2D eigenvalue weighted by molar-refractivity contribution is 6.31. The fourth-order valence-corrected chi connectivity index (χ4v) is 2.19. The Balaban J connectivity index is 2.01. The molecule has 2 unspecified atom stereocenters. The first-order valence-electron chi connectivity index (χ1n) is 5.24. The zero-order valence-electron chi connectivity index (χ0n) is 9.07. The topological polar surface area (TPSA) is 28.2 Å². The summed E-state index contributed by atoms with van der Waals surface area (Å²) in [5.74, 6) is 0. The van der Waals surface area contributed by atoms with E-state index in [2.05, 4.69) is 29.2 Å². The second-order valence-corrected chi connectivity index (χ2v) is 4.57. The first-order chi connectivity index (χ1) is 7.16. The predicted molar refractivity (Wildman–Crippen MR) is 63.4 cm³/mol. The lowest BCUT2D eigenvalue weighted by molar-refractivity contribution is 0.330. The molecule has 1 N–H and O–H groups in total. The molecule has 15 heavy (non-hydrogen) atoms. The van der Waals surface area contributed by atoms with Crippen LogP contribution in [0.3, 0.4) is 0 Å². The van der Waals surface area contributed by atoms with Crippen molar-refractivity contribution in [1.82, 2.24) is 9.88 Å². The molecule has 2 rings (SSSR count). The van der Waals surface area contributed by atoms with E-state index in [0.717, 1.165) is 18.7 Å². The van der Waals surface area contributed by atoms with Crippen LogP contribution in [0.4, 0.5) is 5.69 Å². The van der Waals surface area contributed by atoms with Crippen LogP contribution in [0.1, 0.15) is 13.3 Å². The molecular weight excluding hydrogens is 210 g/mol. The first-order valence-corrected chi connectivity index (χ1v) is 5.62. The van der Waals surface area contributed by atoms with E-state index in [-0.39, 0.29) is 0 Å². The summed E-state index contributed by atoms with van der Waals surface area (Å²) in [7, 11) is 2.15. The molecule has 0 amide bonds. The van der Waals surface area contributed by atoms with Gasteiger partial charge in [-0.2, -0.15) is 0 Å². The molecule has 82 valence electrons. The Labute approximate surface area is 95.4 Å². The molecule has 1 saturated heterocycles. The molecule has 0 spiro atoms. The highest BCUT2D eigenvalue weighted by Crippen LogP contribution is 2.23. The number of likely N-dealkylation sites (N-methyl/N-ethyl adjacent to an activating group) is 1. The lowest BCUT2D eigenvalue weighted by Gasteiger charge is -2.14. The minimum Gasteiger partial charge on any atom is -0.378 e. The molecule has 1 aliphatic rings. The minimum atomic E-state index is 0.478. The molecule has 0 aliphatic carbocycles. The number of hydrogen-bond acceptors (Lipinski definition) is 3. The second-order valence-electron chi connectivity index (χ2n) is 4.21. The molecule has 1 aliphatic heterocycles. The van der Waals surface area contributed by atoms with Crippen molar-refractivity contribution >= 4 is 17.3 Å². The van der Waals surface area contributed by atoms with Crippen LogP contribution in [0.5, 0.6) is 0 Å². The number of anilines is 1. The Morgan fingerprint density at radius 3 is 3.00 bits per heavy atom. The van der Waals surface area contributed by atoms with E-state index in [0.29, 0.717) is 17.2 Å². The molecule has 3 nitrogen and oxygen atoms in total. The van der Waals surface area contributed by atoms with E-state index in [4.69, 9.17) is 11.6 Å². The molecule has 4 heteroatoms. The molecule has 0 saturated carbocycles. The van der Waals surface area contributed by atoms with Gasteiger partial charge in [0, 0.05) is 24.8 Å². The molecule has 1 fully saturated rings. The normalized spacial score (nSPS) is 26.9.